The van der Waals surface area contributed by atoms with E-state index in [0.29, 0.717) is 31.9 Å². The van der Waals surface area contributed by atoms with Crippen LogP contribution in [0.5, 0.6) is 5.75 Å². The standard InChI is InChI=1S/C22H29N3O4S/c1-18-10-11-20(30(27,28)25-13-6-3-7-14-25)16-21(18)24-17-22(26)23-12-15-29-19-8-4-2-5-9-19/h2,4-5,8-11,16,24H,3,6-7,12-15,17H2,1H3,(H,23,26). The average molecular weight is 432 g/mol. The third-order valence-corrected chi connectivity index (χ3v) is 6.93. The summed E-state index contributed by atoms with van der Waals surface area (Å²) in [6.07, 6.45) is 2.85. The van der Waals surface area contributed by atoms with Gasteiger partial charge in [-0.15, -0.1) is 0 Å². The lowest BCUT2D eigenvalue weighted by Crippen LogP contribution is -2.35. The van der Waals surface area contributed by atoms with Crippen LogP contribution in [0.4, 0.5) is 5.69 Å². The first-order valence-corrected chi connectivity index (χ1v) is 11.7. The van der Waals surface area contributed by atoms with Crippen molar-refractivity contribution in [3.8, 4) is 5.75 Å². The van der Waals surface area contributed by atoms with E-state index in [4.69, 9.17) is 4.74 Å². The molecule has 162 valence electrons. The molecule has 2 aromatic rings. The fourth-order valence-corrected chi connectivity index (χ4v) is 4.86. The Bertz CT molecular complexity index is 942. The Morgan fingerprint density at radius 3 is 2.53 bits per heavy atom. The third-order valence-electron chi connectivity index (χ3n) is 5.04. The van der Waals surface area contributed by atoms with E-state index in [1.807, 2.05) is 37.3 Å². The molecule has 8 heteroatoms. The number of nitrogens with one attached hydrogen (secondary N) is 2. The number of piperidine rings is 1. The Balaban J connectivity index is 1.51. The van der Waals surface area contributed by atoms with E-state index in [-0.39, 0.29) is 17.3 Å². The molecule has 1 aliphatic rings. The number of hydrogen-bond donors (Lipinski definition) is 2. The van der Waals surface area contributed by atoms with Crippen molar-refractivity contribution in [2.75, 3.05) is 38.1 Å². The number of carbonyl (C=O) groups excluding carboxylic acids is 1. The quantitative estimate of drug-likeness (QED) is 0.596. The average Bonchev–Trinajstić information content (AvgIpc) is 2.77. The van der Waals surface area contributed by atoms with Crippen molar-refractivity contribution in [2.24, 2.45) is 0 Å². The van der Waals surface area contributed by atoms with Crippen molar-refractivity contribution in [1.29, 1.82) is 0 Å². The summed E-state index contributed by atoms with van der Waals surface area (Å²) in [5.41, 5.74) is 1.52. The van der Waals surface area contributed by atoms with Crippen LogP contribution in [0.1, 0.15) is 24.8 Å². The minimum Gasteiger partial charge on any atom is -0.492 e. The van der Waals surface area contributed by atoms with Gasteiger partial charge in [0.05, 0.1) is 18.0 Å². The van der Waals surface area contributed by atoms with Crippen LogP contribution >= 0.6 is 0 Å². The lowest BCUT2D eigenvalue weighted by atomic mass is 10.2. The second-order valence-corrected chi connectivity index (χ2v) is 9.24. The molecule has 0 atom stereocenters. The van der Waals surface area contributed by atoms with E-state index < -0.39 is 10.0 Å². The summed E-state index contributed by atoms with van der Waals surface area (Å²) < 4.78 is 32.9. The predicted molar refractivity (Wildman–Crippen MR) is 117 cm³/mol. The van der Waals surface area contributed by atoms with Crippen molar-refractivity contribution >= 4 is 21.6 Å². The first-order valence-electron chi connectivity index (χ1n) is 10.3. The summed E-state index contributed by atoms with van der Waals surface area (Å²) in [5.74, 6) is 0.572. The monoisotopic (exact) mass is 431 g/mol. The van der Waals surface area contributed by atoms with Gasteiger partial charge in [-0.3, -0.25) is 4.79 Å². The second kappa shape index (κ2) is 10.4. The van der Waals surface area contributed by atoms with Gasteiger partial charge in [0.15, 0.2) is 0 Å². The Labute approximate surface area is 178 Å². The molecule has 0 spiro atoms. The van der Waals surface area contributed by atoms with Crippen molar-refractivity contribution in [2.45, 2.75) is 31.1 Å². The molecule has 30 heavy (non-hydrogen) atoms. The maximum Gasteiger partial charge on any atom is 0.243 e. The number of carbonyl (C=O) groups is 1. The molecule has 1 fully saturated rings. The maximum atomic E-state index is 12.9. The van der Waals surface area contributed by atoms with Crippen LogP contribution in [0.25, 0.3) is 0 Å². The van der Waals surface area contributed by atoms with Crippen molar-refractivity contribution in [3.05, 3.63) is 54.1 Å². The predicted octanol–water partition coefficient (Wildman–Crippen LogP) is 2.78. The zero-order valence-corrected chi connectivity index (χ0v) is 18.1. The topological polar surface area (TPSA) is 87.7 Å². The zero-order chi connectivity index (χ0) is 21.4. The molecule has 7 nitrogen and oxygen atoms in total. The van der Waals surface area contributed by atoms with Crippen LogP contribution in [-0.2, 0) is 14.8 Å². The molecular formula is C22H29N3O4S. The Kier molecular flexibility index (Phi) is 7.70. The molecule has 1 aliphatic heterocycles. The summed E-state index contributed by atoms with van der Waals surface area (Å²) in [4.78, 5) is 12.4. The molecule has 1 saturated heterocycles. The Morgan fingerprint density at radius 1 is 1.07 bits per heavy atom. The highest BCUT2D eigenvalue weighted by Crippen LogP contribution is 2.25. The van der Waals surface area contributed by atoms with Gasteiger partial charge in [-0.25, -0.2) is 8.42 Å². The number of amides is 1. The van der Waals surface area contributed by atoms with Gasteiger partial charge < -0.3 is 15.4 Å². The molecule has 1 amide bonds. The third kappa shape index (κ3) is 5.96. The molecule has 0 radical (unpaired) electrons. The second-order valence-electron chi connectivity index (χ2n) is 7.31. The van der Waals surface area contributed by atoms with Crippen LogP contribution in [0.2, 0.25) is 0 Å². The lowest BCUT2D eigenvalue weighted by Gasteiger charge is -2.26. The molecule has 0 bridgehead atoms. The Hall–Kier alpha value is -2.58. The summed E-state index contributed by atoms with van der Waals surface area (Å²) in [5, 5.41) is 5.84. The van der Waals surface area contributed by atoms with Gasteiger partial charge in [0, 0.05) is 18.8 Å². The number of ether oxygens (including phenoxy) is 1. The zero-order valence-electron chi connectivity index (χ0n) is 17.3. The largest absolute Gasteiger partial charge is 0.492 e. The van der Waals surface area contributed by atoms with Crippen LogP contribution in [0.3, 0.4) is 0 Å². The lowest BCUT2D eigenvalue weighted by molar-refractivity contribution is -0.119. The first-order chi connectivity index (χ1) is 14.5. The summed E-state index contributed by atoms with van der Waals surface area (Å²) in [7, 11) is -3.51. The summed E-state index contributed by atoms with van der Waals surface area (Å²) in [6.45, 7) is 3.82. The summed E-state index contributed by atoms with van der Waals surface area (Å²) in [6, 6.07) is 14.4. The number of aryl methyl sites for hydroxylation is 1. The van der Waals surface area contributed by atoms with Crippen LogP contribution in [-0.4, -0.2) is 51.4 Å². The van der Waals surface area contributed by atoms with E-state index >= 15 is 0 Å². The minimum absolute atomic E-state index is 0.0550. The van der Waals surface area contributed by atoms with Gasteiger partial charge in [0.2, 0.25) is 15.9 Å². The number of sulfonamides is 1. The molecule has 2 aromatic carbocycles. The van der Waals surface area contributed by atoms with E-state index in [0.717, 1.165) is 30.6 Å². The van der Waals surface area contributed by atoms with Gasteiger partial charge in [-0.05, 0) is 49.6 Å². The van der Waals surface area contributed by atoms with Gasteiger partial charge in [-0.1, -0.05) is 30.7 Å². The van der Waals surface area contributed by atoms with Crippen molar-refractivity contribution < 1.29 is 17.9 Å². The highest BCUT2D eigenvalue weighted by Gasteiger charge is 2.26. The van der Waals surface area contributed by atoms with E-state index in [1.165, 1.54) is 0 Å². The van der Waals surface area contributed by atoms with E-state index in [2.05, 4.69) is 10.6 Å². The fraction of sp³-hybridized carbons (Fsp3) is 0.409. The Morgan fingerprint density at radius 2 is 1.80 bits per heavy atom. The fourth-order valence-electron chi connectivity index (χ4n) is 3.32. The van der Waals surface area contributed by atoms with Crippen LogP contribution in [0, 0.1) is 6.92 Å². The number of rotatable bonds is 9. The van der Waals surface area contributed by atoms with Crippen molar-refractivity contribution in [1.82, 2.24) is 9.62 Å². The number of hydrogen-bond acceptors (Lipinski definition) is 5. The molecule has 0 saturated carbocycles. The van der Waals surface area contributed by atoms with Gasteiger partial charge in [0.1, 0.15) is 12.4 Å². The van der Waals surface area contributed by atoms with E-state index in [9.17, 15) is 13.2 Å². The van der Waals surface area contributed by atoms with Crippen LogP contribution < -0.4 is 15.4 Å². The molecule has 0 aliphatic carbocycles. The molecule has 3 rings (SSSR count). The molecule has 2 N–H and O–H groups in total. The number of para-hydroxylation sites is 1. The normalized spacial score (nSPS) is 14.8. The molecule has 1 heterocycles. The van der Waals surface area contributed by atoms with Crippen molar-refractivity contribution in [3.63, 3.8) is 0 Å². The minimum atomic E-state index is -3.51. The highest BCUT2D eigenvalue weighted by atomic mass is 32.2. The number of anilines is 1. The highest BCUT2D eigenvalue weighted by molar-refractivity contribution is 7.89. The van der Waals surface area contributed by atoms with Gasteiger partial charge >= 0.3 is 0 Å². The van der Waals surface area contributed by atoms with E-state index in [1.54, 1.807) is 22.5 Å². The maximum absolute atomic E-state index is 12.9. The molecule has 0 unspecified atom stereocenters. The number of nitrogens with zero attached hydrogens (tertiary/aromatic N) is 1. The molecular weight excluding hydrogens is 402 g/mol. The SMILES string of the molecule is Cc1ccc(S(=O)(=O)N2CCCCC2)cc1NCC(=O)NCCOc1ccccc1. The van der Waals surface area contributed by atoms with Gasteiger partial charge in [0.25, 0.3) is 0 Å². The first kappa shape index (κ1) is 22.1. The number of benzene rings is 2. The summed E-state index contributed by atoms with van der Waals surface area (Å²) >= 11 is 0. The smallest absolute Gasteiger partial charge is 0.243 e. The van der Waals surface area contributed by atoms with Crippen LogP contribution in [0.15, 0.2) is 53.4 Å². The molecule has 0 aromatic heterocycles. The van der Waals surface area contributed by atoms with Gasteiger partial charge in [-0.2, -0.15) is 4.31 Å².